The number of anilines is 1. The second kappa shape index (κ2) is 8.97. The highest BCUT2D eigenvalue weighted by molar-refractivity contribution is 5.92. The molecule has 0 atom stereocenters. The van der Waals surface area contributed by atoms with Gasteiger partial charge in [-0.2, -0.15) is 4.57 Å². The molecule has 0 saturated heterocycles. The first-order valence-corrected chi connectivity index (χ1v) is 8.54. The number of pyridine rings is 1. The molecule has 1 amide bonds. The third kappa shape index (κ3) is 5.41. The number of benzene rings is 1. The zero-order valence-corrected chi connectivity index (χ0v) is 15.0. The van der Waals surface area contributed by atoms with Crippen LogP contribution in [0.15, 0.2) is 42.6 Å². The quantitative estimate of drug-likeness (QED) is 0.478. The number of nitrogens with zero attached hydrogens (tertiary/aromatic N) is 1. The summed E-state index contributed by atoms with van der Waals surface area (Å²) in [5, 5.41) is 2.84. The van der Waals surface area contributed by atoms with Crippen LogP contribution in [0.3, 0.4) is 0 Å². The van der Waals surface area contributed by atoms with Crippen molar-refractivity contribution in [3.8, 4) is 0 Å². The predicted molar refractivity (Wildman–Crippen MR) is 96.4 cm³/mol. The number of amides is 1. The van der Waals surface area contributed by atoms with E-state index in [1.165, 1.54) is 0 Å². The Morgan fingerprint density at radius 3 is 2.52 bits per heavy atom. The van der Waals surface area contributed by atoms with E-state index in [4.69, 9.17) is 4.74 Å². The van der Waals surface area contributed by atoms with Crippen molar-refractivity contribution in [1.82, 2.24) is 0 Å². The second-order valence-corrected chi connectivity index (χ2v) is 6.02. The number of unbranched alkanes of at least 4 members (excludes halogenated alkanes) is 1. The summed E-state index contributed by atoms with van der Waals surface area (Å²) in [6, 6.07) is 10.7. The number of esters is 1. The van der Waals surface area contributed by atoms with Crippen molar-refractivity contribution >= 4 is 17.6 Å². The predicted octanol–water partition coefficient (Wildman–Crippen LogP) is 3.19. The molecular formula is C20H25N2O3+. The van der Waals surface area contributed by atoms with Crippen LogP contribution in [0.1, 0.15) is 41.4 Å². The number of ether oxygens (including phenoxy) is 1. The average Bonchev–Trinajstić information content (AvgIpc) is 2.59. The monoisotopic (exact) mass is 341 g/mol. The molecule has 1 aromatic carbocycles. The first kappa shape index (κ1) is 18.6. The van der Waals surface area contributed by atoms with Crippen molar-refractivity contribution in [3.05, 3.63) is 59.4 Å². The molecule has 0 aliphatic rings. The van der Waals surface area contributed by atoms with Crippen LogP contribution in [-0.4, -0.2) is 18.5 Å². The zero-order valence-electron chi connectivity index (χ0n) is 15.0. The van der Waals surface area contributed by atoms with E-state index in [-0.39, 0.29) is 18.4 Å². The van der Waals surface area contributed by atoms with E-state index in [2.05, 4.69) is 5.32 Å². The topological polar surface area (TPSA) is 59.3 Å². The summed E-state index contributed by atoms with van der Waals surface area (Å²) < 4.78 is 7.07. The van der Waals surface area contributed by atoms with Crippen LogP contribution in [0.2, 0.25) is 0 Å². The highest BCUT2D eigenvalue weighted by Crippen LogP contribution is 2.11. The summed E-state index contributed by atoms with van der Waals surface area (Å²) in [6.45, 7) is 6.72. The van der Waals surface area contributed by atoms with Gasteiger partial charge in [-0.15, -0.1) is 0 Å². The van der Waals surface area contributed by atoms with Crippen molar-refractivity contribution in [3.63, 3.8) is 0 Å². The lowest BCUT2D eigenvalue weighted by molar-refractivity contribution is -0.690. The highest BCUT2D eigenvalue weighted by atomic mass is 16.5. The molecule has 2 rings (SSSR count). The van der Waals surface area contributed by atoms with Gasteiger partial charge < -0.3 is 10.1 Å². The number of carbonyl (C=O) groups is 2. The van der Waals surface area contributed by atoms with Gasteiger partial charge in [-0.05, 0) is 43.7 Å². The van der Waals surface area contributed by atoms with Crippen LogP contribution in [0.4, 0.5) is 5.69 Å². The minimum absolute atomic E-state index is 0.114. The van der Waals surface area contributed by atoms with E-state index in [0.717, 1.165) is 24.1 Å². The molecule has 5 nitrogen and oxygen atoms in total. The van der Waals surface area contributed by atoms with Crippen LogP contribution < -0.4 is 9.88 Å². The lowest BCUT2D eigenvalue weighted by Crippen LogP contribution is -2.43. The Hall–Kier alpha value is -2.69. The number of carbonyl (C=O) groups excluding carboxylic acids is 2. The Morgan fingerprint density at radius 1 is 1.12 bits per heavy atom. The van der Waals surface area contributed by atoms with Gasteiger partial charge in [0.15, 0.2) is 11.9 Å². The molecule has 0 fully saturated rings. The summed E-state index contributed by atoms with van der Waals surface area (Å²) in [7, 11) is 0. The fourth-order valence-corrected chi connectivity index (χ4v) is 2.36. The van der Waals surface area contributed by atoms with Crippen LogP contribution in [0.25, 0.3) is 0 Å². The van der Waals surface area contributed by atoms with Gasteiger partial charge in [0, 0.05) is 24.2 Å². The van der Waals surface area contributed by atoms with Crippen LogP contribution in [0.5, 0.6) is 0 Å². The number of aromatic nitrogens is 1. The Balaban J connectivity index is 1.93. The Bertz CT molecular complexity index is 739. The number of aryl methyl sites for hydroxylation is 1. The molecule has 0 bridgehead atoms. The van der Waals surface area contributed by atoms with Gasteiger partial charge in [-0.1, -0.05) is 13.3 Å². The van der Waals surface area contributed by atoms with Gasteiger partial charge in [0.2, 0.25) is 6.54 Å². The van der Waals surface area contributed by atoms with E-state index in [0.29, 0.717) is 17.9 Å². The molecule has 0 aliphatic heterocycles. The fraction of sp³-hybridized carbons (Fsp3) is 0.350. The van der Waals surface area contributed by atoms with E-state index < -0.39 is 0 Å². The van der Waals surface area contributed by atoms with Crippen molar-refractivity contribution in [2.45, 2.75) is 40.2 Å². The molecule has 2 aromatic rings. The van der Waals surface area contributed by atoms with Crippen molar-refractivity contribution in [2.24, 2.45) is 0 Å². The summed E-state index contributed by atoms with van der Waals surface area (Å²) >= 11 is 0. The molecule has 0 spiro atoms. The van der Waals surface area contributed by atoms with E-state index in [1.807, 2.05) is 43.7 Å². The van der Waals surface area contributed by atoms with Crippen LogP contribution in [-0.2, 0) is 16.1 Å². The maximum absolute atomic E-state index is 12.2. The van der Waals surface area contributed by atoms with Crippen LogP contribution in [0, 0.1) is 13.8 Å². The number of hydrogen-bond donors (Lipinski definition) is 1. The van der Waals surface area contributed by atoms with Crippen molar-refractivity contribution in [2.75, 3.05) is 11.9 Å². The van der Waals surface area contributed by atoms with Gasteiger partial charge >= 0.3 is 5.97 Å². The Kier molecular flexibility index (Phi) is 6.69. The molecule has 0 saturated carbocycles. The summed E-state index contributed by atoms with van der Waals surface area (Å²) in [6.07, 6.45) is 3.73. The fourth-order valence-electron chi connectivity index (χ4n) is 2.36. The standard InChI is InChI=1S/C20H24N2O3/c1-4-5-13-25-20(24)17-8-10-18(11-9-17)21-19(23)14-22-12-6-7-15(2)16(22)3/h6-12H,4-5,13-14H2,1-3H3/p+1. The van der Waals surface area contributed by atoms with Gasteiger partial charge in [-0.3, -0.25) is 4.79 Å². The lowest BCUT2D eigenvalue weighted by Gasteiger charge is -2.07. The molecule has 132 valence electrons. The average molecular weight is 341 g/mol. The molecule has 5 heteroatoms. The minimum atomic E-state index is -0.336. The van der Waals surface area contributed by atoms with Crippen molar-refractivity contribution < 1.29 is 18.9 Å². The minimum Gasteiger partial charge on any atom is -0.462 e. The molecule has 0 unspecified atom stereocenters. The van der Waals surface area contributed by atoms with Gasteiger partial charge in [-0.25, -0.2) is 4.79 Å². The third-order valence-corrected chi connectivity index (χ3v) is 4.06. The van der Waals surface area contributed by atoms with Crippen LogP contribution >= 0.6 is 0 Å². The van der Waals surface area contributed by atoms with Gasteiger partial charge in [0.25, 0.3) is 5.91 Å². The molecule has 1 N–H and O–H groups in total. The summed E-state index contributed by atoms with van der Waals surface area (Å²) in [5.74, 6) is -0.450. The first-order valence-electron chi connectivity index (χ1n) is 8.54. The molecular weight excluding hydrogens is 316 g/mol. The Labute approximate surface area is 148 Å². The number of nitrogens with one attached hydrogen (secondary N) is 1. The van der Waals surface area contributed by atoms with E-state index in [1.54, 1.807) is 24.3 Å². The van der Waals surface area contributed by atoms with E-state index >= 15 is 0 Å². The number of hydrogen-bond acceptors (Lipinski definition) is 3. The summed E-state index contributed by atoms with van der Waals surface area (Å²) in [5.41, 5.74) is 3.34. The molecule has 0 radical (unpaired) electrons. The maximum Gasteiger partial charge on any atom is 0.338 e. The van der Waals surface area contributed by atoms with Crippen molar-refractivity contribution in [1.29, 1.82) is 0 Å². The van der Waals surface area contributed by atoms with E-state index in [9.17, 15) is 9.59 Å². The molecule has 1 heterocycles. The zero-order chi connectivity index (χ0) is 18.2. The molecule has 0 aliphatic carbocycles. The highest BCUT2D eigenvalue weighted by Gasteiger charge is 2.14. The first-order chi connectivity index (χ1) is 12.0. The number of rotatable bonds is 7. The summed E-state index contributed by atoms with van der Waals surface area (Å²) in [4.78, 5) is 24.1. The second-order valence-electron chi connectivity index (χ2n) is 6.02. The Morgan fingerprint density at radius 2 is 1.84 bits per heavy atom. The largest absolute Gasteiger partial charge is 0.462 e. The normalized spacial score (nSPS) is 10.4. The lowest BCUT2D eigenvalue weighted by atomic mass is 10.2. The molecule has 25 heavy (non-hydrogen) atoms. The smallest absolute Gasteiger partial charge is 0.338 e. The SMILES string of the molecule is CCCCOC(=O)c1ccc(NC(=O)C[n+]2cccc(C)c2C)cc1. The van der Waals surface area contributed by atoms with Gasteiger partial charge in [0.05, 0.1) is 12.2 Å². The molecule has 1 aromatic heterocycles. The van der Waals surface area contributed by atoms with Gasteiger partial charge in [0.1, 0.15) is 0 Å². The maximum atomic E-state index is 12.2. The third-order valence-electron chi connectivity index (χ3n) is 4.06.